The van der Waals surface area contributed by atoms with Gasteiger partial charge < -0.3 is 10.1 Å². The third-order valence-electron chi connectivity index (χ3n) is 3.80. The van der Waals surface area contributed by atoms with Crippen molar-refractivity contribution in [2.45, 2.75) is 6.42 Å². The number of rotatable bonds is 6. The van der Waals surface area contributed by atoms with Crippen molar-refractivity contribution in [3.63, 3.8) is 0 Å². The second-order valence-corrected chi connectivity index (χ2v) is 5.39. The van der Waals surface area contributed by atoms with Gasteiger partial charge in [-0.05, 0) is 13.0 Å². The lowest BCUT2D eigenvalue weighted by atomic mass is 10.1. The van der Waals surface area contributed by atoms with Gasteiger partial charge in [0, 0.05) is 31.3 Å². The molecule has 5 heteroatoms. The summed E-state index contributed by atoms with van der Waals surface area (Å²) in [6.07, 6.45) is 2.72. The van der Waals surface area contributed by atoms with Crippen LogP contribution in [0.1, 0.15) is 6.42 Å². The smallest absolute Gasteiger partial charge is 0.129 e. The molecule has 116 valence electrons. The Kier molecular flexibility index (Phi) is 5.34. The minimum atomic E-state index is 0.861. The van der Waals surface area contributed by atoms with Crippen molar-refractivity contribution < 1.29 is 4.74 Å². The summed E-state index contributed by atoms with van der Waals surface area (Å²) in [6, 6.07) is 12.2. The Morgan fingerprint density at radius 2 is 1.91 bits per heavy atom. The highest BCUT2D eigenvalue weighted by molar-refractivity contribution is 5.61. The number of hydrogen-bond acceptors (Lipinski definition) is 5. The first-order chi connectivity index (χ1) is 10.9. The molecule has 0 atom stereocenters. The number of morpholine rings is 1. The number of nitrogens with one attached hydrogen (secondary N) is 1. The maximum Gasteiger partial charge on any atom is 0.129 e. The normalized spacial score (nSPS) is 15.6. The molecule has 1 aromatic carbocycles. The summed E-state index contributed by atoms with van der Waals surface area (Å²) in [5.74, 6) is 0.885. The first-order valence-electron chi connectivity index (χ1n) is 7.83. The van der Waals surface area contributed by atoms with Gasteiger partial charge in [0.25, 0.3) is 0 Å². The lowest BCUT2D eigenvalue weighted by Crippen LogP contribution is -2.37. The summed E-state index contributed by atoms with van der Waals surface area (Å²) in [6.45, 7) is 5.84. The van der Waals surface area contributed by atoms with E-state index in [1.807, 2.05) is 24.3 Å². The van der Waals surface area contributed by atoms with Crippen molar-refractivity contribution in [2.24, 2.45) is 0 Å². The first kappa shape index (κ1) is 14.9. The van der Waals surface area contributed by atoms with Gasteiger partial charge in [0.05, 0.1) is 18.9 Å². The topological polar surface area (TPSA) is 50.3 Å². The Hall–Kier alpha value is -1.98. The van der Waals surface area contributed by atoms with Crippen molar-refractivity contribution in [1.29, 1.82) is 0 Å². The molecule has 0 unspecified atom stereocenters. The maximum atomic E-state index is 5.36. The van der Waals surface area contributed by atoms with E-state index in [-0.39, 0.29) is 0 Å². The summed E-state index contributed by atoms with van der Waals surface area (Å²) in [5.41, 5.74) is 2.06. The minimum Gasteiger partial charge on any atom is -0.379 e. The molecule has 5 nitrogen and oxygen atoms in total. The molecule has 0 bridgehead atoms. The van der Waals surface area contributed by atoms with Crippen LogP contribution in [0.25, 0.3) is 11.3 Å². The second kappa shape index (κ2) is 7.87. The average Bonchev–Trinajstić information content (AvgIpc) is 2.61. The Balaban J connectivity index is 1.48. The highest BCUT2D eigenvalue weighted by Crippen LogP contribution is 2.17. The van der Waals surface area contributed by atoms with Gasteiger partial charge in [-0.3, -0.25) is 4.90 Å². The fraction of sp³-hybridized carbons (Fsp3) is 0.412. The predicted octanol–water partition coefficient (Wildman–Crippen LogP) is 2.28. The SMILES string of the molecule is c1ccc(-c2cc(NCCCN3CCOCC3)ncn2)cc1. The van der Waals surface area contributed by atoms with E-state index in [4.69, 9.17) is 4.74 Å². The van der Waals surface area contributed by atoms with Gasteiger partial charge in [0.2, 0.25) is 0 Å². The van der Waals surface area contributed by atoms with Gasteiger partial charge in [-0.1, -0.05) is 30.3 Å². The number of ether oxygens (including phenoxy) is 1. The molecule has 3 rings (SSSR count). The largest absolute Gasteiger partial charge is 0.379 e. The van der Waals surface area contributed by atoms with Crippen LogP contribution >= 0.6 is 0 Å². The number of nitrogens with zero attached hydrogens (tertiary/aromatic N) is 3. The van der Waals surface area contributed by atoms with E-state index in [0.29, 0.717) is 0 Å². The lowest BCUT2D eigenvalue weighted by molar-refractivity contribution is 0.0378. The van der Waals surface area contributed by atoms with Gasteiger partial charge in [0.15, 0.2) is 0 Å². The van der Waals surface area contributed by atoms with Crippen molar-refractivity contribution in [1.82, 2.24) is 14.9 Å². The van der Waals surface area contributed by atoms with E-state index in [0.717, 1.165) is 62.9 Å². The maximum absolute atomic E-state index is 5.36. The van der Waals surface area contributed by atoms with E-state index in [9.17, 15) is 0 Å². The number of hydrogen-bond donors (Lipinski definition) is 1. The van der Waals surface area contributed by atoms with E-state index in [2.05, 4.69) is 32.3 Å². The molecule has 2 aromatic rings. The lowest BCUT2D eigenvalue weighted by Gasteiger charge is -2.26. The number of anilines is 1. The van der Waals surface area contributed by atoms with Crippen molar-refractivity contribution in [3.8, 4) is 11.3 Å². The molecule has 1 N–H and O–H groups in total. The molecule has 0 amide bonds. The highest BCUT2D eigenvalue weighted by Gasteiger charge is 2.09. The second-order valence-electron chi connectivity index (χ2n) is 5.39. The van der Waals surface area contributed by atoms with E-state index < -0.39 is 0 Å². The minimum absolute atomic E-state index is 0.861. The van der Waals surface area contributed by atoms with Crippen LogP contribution in [-0.4, -0.2) is 54.3 Å². The fourth-order valence-electron chi connectivity index (χ4n) is 2.56. The van der Waals surface area contributed by atoms with Crippen LogP contribution in [0.15, 0.2) is 42.7 Å². The van der Waals surface area contributed by atoms with E-state index in [1.165, 1.54) is 0 Å². The van der Waals surface area contributed by atoms with Crippen LogP contribution in [0, 0.1) is 0 Å². The summed E-state index contributed by atoms with van der Waals surface area (Å²) in [4.78, 5) is 11.1. The third-order valence-corrected chi connectivity index (χ3v) is 3.80. The Morgan fingerprint density at radius 3 is 2.73 bits per heavy atom. The molecule has 0 saturated carbocycles. The quantitative estimate of drug-likeness (QED) is 0.829. The summed E-state index contributed by atoms with van der Waals surface area (Å²) in [7, 11) is 0. The zero-order chi connectivity index (χ0) is 15.0. The van der Waals surface area contributed by atoms with Crippen molar-refractivity contribution in [3.05, 3.63) is 42.7 Å². The standard InChI is InChI=1S/C17H22N4O/c1-2-5-15(6-3-1)16-13-17(20-14-19-16)18-7-4-8-21-9-11-22-12-10-21/h1-3,5-6,13-14H,4,7-12H2,(H,18,19,20). The summed E-state index contributed by atoms with van der Waals surface area (Å²) < 4.78 is 5.36. The molecule has 1 saturated heterocycles. The molecule has 0 radical (unpaired) electrons. The van der Waals surface area contributed by atoms with Crippen LogP contribution < -0.4 is 5.32 Å². The predicted molar refractivity (Wildman–Crippen MR) is 87.8 cm³/mol. The summed E-state index contributed by atoms with van der Waals surface area (Å²) >= 11 is 0. The van der Waals surface area contributed by atoms with Crippen LogP contribution in [0.4, 0.5) is 5.82 Å². The molecule has 1 aliphatic rings. The Labute approximate surface area is 131 Å². The molecule has 1 aliphatic heterocycles. The monoisotopic (exact) mass is 298 g/mol. The van der Waals surface area contributed by atoms with Crippen LogP contribution in [0.2, 0.25) is 0 Å². The van der Waals surface area contributed by atoms with Crippen molar-refractivity contribution in [2.75, 3.05) is 44.7 Å². The van der Waals surface area contributed by atoms with Gasteiger partial charge in [-0.2, -0.15) is 0 Å². The summed E-state index contributed by atoms with van der Waals surface area (Å²) in [5, 5.41) is 3.39. The Morgan fingerprint density at radius 1 is 1.09 bits per heavy atom. The number of aromatic nitrogens is 2. The van der Waals surface area contributed by atoms with Crippen molar-refractivity contribution >= 4 is 5.82 Å². The van der Waals surface area contributed by atoms with Gasteiger partial charge >= 0.3 is 0 Å². The molecule has 0 spiro atoms. The zero-order valence-electron chi connectivity index (χ0n) is 12.7. The van der Waals surface area contributed by atoms with Crippen LogP contribution in [-0.2, 0) is 4.74 Å². The fourth-order valence-corrected chi connectivity index (χ4v) is 2.56. The molecule has 22 heavy (non-hydrogen) atoms. The van der Waals surface area contributed by atoms with E-state index >= 15 is 0 Å². The molecular formula is C17H22N4O. The van der Waals surface area contributed by atoms with Crippen LogP contribution in [0.3, 0.4) is 0 Å². The molecular weight excluding hydrogens is 276 g/mol. The average molecular weight is 298 g/mol. The van der Waals surface area contributed by atoms with Gasteiger partial charge in [-0.15, -0.1) is 0 Å². The Bertz CT molecular complexity index is 570. The first-order valence-corrected chi connectivity index (χ1v) is 7.83. The molecule has 1 fully saturated rings. The van der Waals surface area contributed by atoms with Crippen LogP contribution in [0.5, 0.6) is 0 Å². The highest BCUT2D eigenvalue weighted by atomic mass is 16.5. The zero-order valence-corrected chi connectivity index (χ0v) is 12.7. The number of benzene rings is 1. The van der Waals surface area contributed by atoms with E-state index in [1.54, 1.807) is 6.33 Å². The molecule has 0 aliphatic carbocycles. The van der Waals surface area contributed by atoms with Gasteiger partial charge in [-0.25, -0.2) is 9.97 Å². The third kappa shape index (κ3) is 4.26. The molecule has 2 heterocycles. The van der Waals surface area contributed by atoms with Gasteiger partial charge in [0.1, 0.15) is 12.1 Å². The molecule has 1 aromatic heterocycles.